The molecule has 12 nitrogen and oxygen atoms in total. The molecule has 186 valence electrons. The Morgan fingerprint density at radius 1 is 1.11 bits per heavy atom. The second-order valence-corrected chi connectivity index (χ2v) is 8.95. The number of methoxy groups -OCH3 is 1. The summed E-state index contributed by atoms with van der Waals surface area (Å²) in [6.45, 7) is 3.48. The summed E-state index contributed by atoms with van der Waals surface area (Å²) in [6.07, 6.45) is 1.05. The van der Waals surface area contributed by atoms with Crippen LogP contribution in [0.5, 0.6) is 11.6 Å². The Bertz CT molecular complexity index is 1330. The van der Waals surface area contributed by atoms with Crippen molar-refractivity contribution in [2.45, 2.75) is 6.10 Å². The standard InChI is InChI=1S/C24H25N7O5/c1-34-21-5-2-16-22(29-21)17(6-7-26-16)30-10-14(11-30)8-25-9-15-12-31(24(33)36-15)19-4-3-18-23(27-19)28-20(32)13-35-18/h2-7,14-15,25H,8-13H2,1H3,(H,27,28,32)/t15-/m1/s1. The molecule has 2 saturated heterocycles. The van der Waals surface area contributed by atoms with E-state index in [4.69, 9.17) is 14.2 Å². The molecule has 36 heavy (non-hydrogen) atoms. The molecule has 0 spiro atoms. The van der Waals surface area contributed by atoms with Crippen LogP contribution >= 0.6 is 0 Å². The van der Waals surface area contributed by atoms with Gasteiger partial charge in [0.25, 0.3) is 5.91 Å². The molecule has 2 N–H and O–H groups in total. The van der Waals surface area contributed by atoms with E-state index in [1.165, 1.54) is 4.90 Å². The third-order valence-corrected chi connectivity index (χ3v) is 6.46. The molecule has 0 saturated carbocycles. The van der Waals surface area contributed by atoms with Gasteiger partial charge < -0.3 is 29.7 Å². The van der Waals surface area contributed by atoms with Crippen molar-refractivity contribution in [3.8, 4) is 11.6 Å². The smallest absolute Gasteiger partial charge is 0.416 e. The lowest BCUT2D eigenvalue weighted by molar-refractivity contribution is -0.118. The van der Waals surface area contributed by atoms with Gasteiger partial charge in [0.2, 0.25) is 5.88 Å². The summed E-state index contributed by atoms with van der Waals surface area (Å²) < 4.78 is 16.1. The molecule has 3 aliphatic heterocycles. The Balaban J connectivity index is 1.00. The van der Waals surface area contributed by atoms with E-state index in [-0.39, 0.29) is 18.6 Å². The molecule has 3 aromatic heterocycles. The van der Waals surface area contributed by atoms with Crippen LogP contribution in [0.15, 0.2) is 36.5 Å². The summed E-state index contributed by atoms with van der Waals surface area (Å²) in [5.74, 6) is 1.96. The monoisotopic (exact) mass is 491 g/mol. The molecule has 0 unspecified atom stereocenters. The van der Waals surface area contributed by atoms with E-state index in [1.807, 2.05) is 18.2 Å². The second kappa shape index (κ2) is 9.11. The van der Waals surface area contributed by atoms with Gasteiger partial charge in [-0.3, -0.25) is 14.7 Å². The van der Waals surface area contributed by atoms with Crippen molar-refractivity contribution in [1.29, 1.82) is 0 Å². The number of anilines is 3. The molecule has 6 rings (SSSR count). The van der Waals surface area contributed by atoms with Crippen molar-refractivity contribution in [2.75, 3.05) is 61.6 Å². The minimum Gasteiger partial charge on any atom is -0.481 e. The Labute approximate surface area is 206 Å². The molecular weight excluding hydrogens is 466 g/mol. The number of rotatable bonds is 7. The van der Waals surface area contributed by atoms with Gasteiger partial charge in [-0.05, 0) is 24.3 Å². The predicted octanol–water partition coefficient (Wildman–Crippen LogP) is 1.42. The third kappa shape index (κ3) is 4.19. The second-order valence-electron chi connectivity index (χ2n) is 8.95. The number of aromatic nitrogens is 3. The fourth-order valence-electron chi connectivity index (χ4n) is 4.63. The van der Waals surface area contributed by atoms with Crippen molar-refractivity contribution < 1.29 is 23.8 Å². The summed E-state index contributed by atoms with van der Waals surface area (Å²) in [6, 6.07) is 9.09. The van der Waals surface area contributed by atoms with Crippen molar-refractivity contribution in [3.63, 3.8) is 0 Å². The summed E-state index contributed by atoms with van der Waals surface area (Å²) in [5, 5.41) is 6.09. The molecule has 2 fully saturated rings. The van der Waals surface area contributed by atoms with Crippen LogP contribution in [-0.4, -0.2) is 79.5 Å². The zero-order chi connectivity index (χ0) is 24.6. The first-order valence-electron chi connectivity index (χ1n) is 11.7. The minimum atomic E-state index is -0.459. The number of pyridine rings is 3. The van der Waals surface area contributed by atoms with E-state index in [9.17, 15) is 9.59 Å². The van der Waals surface area contributed by atoms with E-state index in [0.29, 0.717) is 42.3 Å². The number of carbonyl (C=O) groups excluding carboxylic acids is 2. The number of amides is 2. The number of nitrogens with zero attached hydrogens (tertiary/aromatic N) is 5. The fourth-order valence-corrected chi connectivity index (χ4v) is 4.63. The molecule has 0 radical (unpaired) electrons. The van der Waals surface area contributed by atoms with Gasteiger partial charge >= 0.3 is 6.09 Å². The van der Waals surface area contributed by atoms with Gasteiger partial charge in [0, 0.05) is 44.4 Å². The molecule has 2 amide bonds. The highest BCUT2D eigenvalue weighted by atomic mass is 16.6. The summed E-state index contributed by atoms with van der Waals surface area (Å²) in [4.78, 5) is 41.1. The largest absolute Gasteiger partial charge is 0.481 e. The number of nitrogens with one attached hydrogen (secondary N) is 2. The van der Waals surface area contributed by atoms with Crippen LogP contribution in [0.25, 0.3) is 11.0 Å². The lowest BCUT2D eigenvalue weighted by Crippen LogP contribution is -2.51. The Morgan fingerprint density at radius 3 is 2.86 bits per heavy atom. The molecule has 0 aliphatic carbocycles. The topological polar surface area (TPSA) is 131 Å². The minimum absolute atomic E-state index is 0.0446. The number of hydrogen-bond donors (Lipinski definition) is 2. The molecule has 1 atom stereocenters. The van der Waals surface area contributed by atoms with Gasteiger partial charge in [0.15, 0.2) is 18.2 Å². The van der Waals surface area contributed by atoms with Crippen molar-refractivity contribution in [2.24, 2.45) is 5.92 Å². The SMILES string of the molecule is COc1ccc2nccc(N3CC(CNC[C@@H]4CN(c5ccc6c(n5)NC(=O)CO6)C(=O)O4)C3)c2n1. The predicted molar refractivity (Wildman–Crippen MR) is 131 cm³/mol. The number of carbonyl (C=O) groups is 2. The molecule has 3 aromatic rings. The molecule has 3 aliphatic rings. The summed E-state index contributed by atoms with van der Waals surface area (Å²) >= 11 is 0. The van der Waals surface area contributed by atoms with Crippen molar-refractivity contribution in [1.82, 2.24) is 20.3 Å². The number of fused-ring (bicyclic) bond motifs is 2. The zero-order valence-corrected chi connectivity index (χ0v) is 19.6. The Hall–Kier alpha value is -4.19. The zero-order valence-electron chi connectivity index (χ0n) is 19.6. The lowest BCUT2D eigenvalue weighted by atomic mass is 9.99. The van der Waals surface area contributed by atoms with Crippen molar-refractivity contribution >= 4 is 40.4 Å². The third-order valence-electron chi connectivity index (χ3n) is 6.46. The molecule has 0 bridgehead atoms. The molecule has 12 heteroatoms. The highest BCUT2D eigenvalue weighted by Gasteiger charge is 2.34. The average molecular weight is 492 g/mol. The first-order chi connectivity index (χ1) is 17.6. The first-order valence-corrected chi connectivity index (χ1v) is 11.7. The van der Waals surface area contributed by atoms with Gasteiger partial charge in [-0.2, -0.15) is 0 Å². The first kappa shape index (κ1) is 22.3. The van der Waals surface area contributed by atoms with Gasteiger partial charge in [0.1, 0.15) is 17.4 Å². The van der Waals surface area contributed by atoms with Gasteiger partial charge in [-0.25, -0.2) is 14.8 Å². The Kier molecular flexibility index (Phi) is 5.64. The van der Waals surface area contributed by atoms with Crippen LogP contribution in [0.4, 0.5) is 22.1 Å². The van der Waals surface area contributed by atoms with Crippen molar-refractivity contribution in [3.05, 3.63) is 36.5 Å². The van der Waals surface area contributed by atoms with E-state index in [0.717, 1.165) is 36.4 Å². The number of ether oxygens (including phenoxy) is 3. The van der Waals surface area contributed by atoms with Crippen LogP contribution in [-0.2, 0) is 9.53 Å². The number of cyclic esters (lactones) is 1. The maximum Gasteiger partial charge on any atom is 0.416 e. The summed E-state index contributed by atoms with van der Waals surface area (Å²) in [5.41, 5.74) is 2.73. The number of hydrogen-bond acceptors (Lipinski definition) is 10. The van der Waals surface area contributed by atoms with Crippen LogP contribution in [0, 0.1) is 5.92 Å². The van der Waals surface area contributed by atoms with E-state index < -0.39 is 6.09 Å². The fraction of sp³-hybridized carbons (Fsp3) is 0.375. The molecular formula is C24H25N7O5. The van der Waals surface area contributed by atoms with Gasteiger partial charge in [-0.15, -0.1) is 0 Å². The van der Waals surface area contributed by atoms with Crippen LogP contribution in [0.3, 0.4) is 0 Å². The maximum absolute atomic E-state index is 12.4. The maximum atomic E-state index is 12.4. The van der Waals surface area contributed by atoms with E-state index >= 15 is 0 Å². The molecule has 0 aromatic carbocycles. The highest BCUT2D eigenvalue weighted by Crippen LogP contribution is 2.31. The molecule has 6 heterocycles. The van der Waals surface area contributed by atoms with Crippen LogP contribution in [0.1, 0.15) is 0 Å². The normalized spacial score (nSPS) is 19.4. The van der Waals surface area contributed by atoms with Crippen LogP contribution in [0.2, 0.25) is 0 Å². The van der Waals surface area contributed by atoms with Crippen LogP contribution < -0.4 is 29.9 Å². The van der Waals surface area contributed by atoms with E-state index in [1.54, 1.807) is 25.4 Å². The average Bonchev–Trinajstić information content (AvgIpc) is 3.24. The van der Waals surface area contributed by atoms with E-state index in [2.05, 4.69) is 30.5 Å². The summed E-state index contributed by atoms with van der Waals surface area (Å²) in [7, 11) is 1.61. The highest BCUT2D eigenvalue weighted by molar-refractivity contribution is 5.95. The quantitative estimate of drug-likeness (QED) is 0.500. The van der Waals surface area contributed by atoms with Gasteiger partial charge in [0.05, 0.1) is 24.9 Å². The Morgan fingerprint density at radius 2 is 2.00 bits per heavy atom. The lowest BCUT2D eigenvalue weighted by Gasteiger charge is -2.41. The van der Waals surface area contributed by atoms with Gasteiger partial charge in [-0.1, -0.05) is 0 Å².